The predicted octanol–water partition coefficient (Wildman–Crippen LogP) is 2.55. The molecule has 0 atom stereocenters. The molecule has 0 fully saturated rings. The van der Waals surface area contributed by atoms with Crippen LogP contribution in [-0.4, -0.2) is 20.3 Å². The van der Waals surface area contributed by atoms with Gasteiger partial charge in [0.25, 0.3) is 0 Å². The van der Waals surface area contributed by atoms with Crippen molar-refractivity contribution >= 4 is 21.7 Å². The van der Waals surface area contributed by atoms with E-state index >= 15 is 0 Å². The summed E-state index contributed by atoms with van der Waals surface area (Å²) < 4.78 is 2.66. The molecule has 2 heterocycles. The second kappa shape index (κ2) is 4.07. The number of ketones is 1. The molecule has 0 amide bonds. The van der Waals surface area contributed by atoms with Crippen molar-refractivity contribution in [2.75, 3.05) is 0 Å². The number of rotatable bonds is 1. The van der Waals surface area contributed by atoms with Crippen LogP contribution in [0.1, 0.15) is 28.9 Å². The number of halogens is 1. The quantitative estimate of drug-likeness (QED) is 0.811. The average molecular weight is 292 g/mol. The summed E-state index contributed by atoms with van der Waals surface area (Å²) in [6.07, 6.45) is 7.75. The van der Waals surface area contributed by atoms with E-state index in [0.717, 1.165) is 29.9 Å². The first-order chi connectivity index (χ1) is 8.25. The van der Waals surface area contributed by atoms with Gasteiger partial charge in [-0.05, 0) is 34.8 Å². The number of hydrogen-bond acceptors (Lipinski definition) is 3. The molecule has 2 aromatic heterocycles. The lowest BCUT2D eigenvalue weighted by Gasteiger charge is -2.14. The smallest absolute Gasteiger partial charge is 0.164 e. The summed E-state index contributed by atoms with van der Waals surface area (Å²) in [6.45, 7) is 0. The number of nitrogens with zero attached hydrogens (tertiary/aromatic N) is 3. The fourth-order valence-corrected chi connectivity index (χ4v) is 2.37. The molecule has 0 saturated carbocycles. The van der Waals surface area contributed by atoms with Crippen LogP contribution >= 0.6 is 15.9 Å². The van der Waals surface area contributed by atoms with Crippen molar-refractivity contribution in [3.05, 3.63) is 40.5 Å². The fourth-order valence-electron chi connectivity index (χ4n) is 2.17. The summed E-state index contributed by atoms with van der Waals surface area (Å²) in [5.74, 6) is 0.985. The predicted molar refractivity (Wildman–Crippen MR) is 66.3 cm³/mol. The van der Waals surface area contributed by atoms with Crippen molar-refractivity contribution in [1.29, 1.82) is 0 Å². The van der Waals surface area contributed by atoms with Crippen molar-refractivity contribution < 1.29 is 4.79 Å². The van der Waals surface area contributed by atoms with Crippen LogP contribution in [0.3, 0.4) is 0 Å². The Kier molecular flexibility index (Phi) is 2.55. The molecule has 2 aromatic rings. The lowest BCUT2D eigenvalue weighted by Crippen LogP contribution is -2.12. The Balaban J connectivity index is 2.10. The molecule has 4 nitrogen and oxygen atoms in total. The minimum atomic E-state index is 0.232. The topological polar surface area (TPSA) is 47.8 Å². The number of carbonyl (C=O) groups is 1. The fraction of sp³-hybridized carbons (Fsp3) is 0.250. The average Bonchev–Trinajstić information content (AvgIpc) is 2.75. The van der Waals surface area contributed by atoms with E-state index in [0.29, 0.717) is 11.0 Å². The number of carbonyl (C=O) groups excluding carboxylic acids is 1. The third-order valence-corrected chi connectivity index (χ3v) is 3.37. The van der Waals surface area contributed by atoms with Gasteiger partial charge in [-0.3, -0.25) is 4.79 Å². The van der Waals surface area contributed by atoms with Gasteiger partial charge in [0.1, 0.15) is 4.60 Å². The van der Waals surface area contributed by atoms with E-state index in [-0.39, 0.29) is 5.78 Å². The van der Waals surface area contributed by atoms with Crippen LogP contribution < -0.4 is 0 Å². The van der Waals surface area contributed by atoms with Crippen molar-refractivity contribution in [2.24, 2.45) is 0 Å². The van der Waals surface area contributed by atoms with Gasteiger partial charge < -0.3 is 4.57 Å². The zero-order valence-corrected chi connectivity index (χ0v) is 10.6. The van der Waals surface area contributed by atoms with Crippen LogP contribution in [0, 0.1) is 0 Å². The monoisotopic (exact) mass is 291 g/mol. The molecule has 17 heavy (non-hydrogen) atoms. The van der Waals surface area contributed by atoms with E-state index < -0.39 is 0 Å². The molecule has 0 radical (unpaired) electrons. The molecule has 3 rings (SSSR count). The number of hydrogen-bond donors (Lipinski definition) is 0. The Bertz CT molecular complexity index is 574. The zero-order valence-electron chi connectivity index (χ0n) is 9.06. The van der Waals surface area contributed by atoms with Crippen molar-refractivity contribution in [1.82, 2.24) is 14.5 Å². The van der Waals surface area contributed by atoms with Gasteiger partial charge in [-0.25, -0.2) is 9.97 Å². The Hall–Kier alpha value is -1.49. The zero-order chi connectivity index (χ0) is 11.8. The Labute approximate surface area is 107 Å². The molecule has 0 N–H and O–H groups in total. The summed E-state index contributed by atoms with van der Waals surface area (Å²) in [5.41, 5.74) is 1.89. The third-order valence-electron chi connectivity index (χ3n) is 2.96. The van der Waals surface area contributed by atoms with E-state index in [1.807, 2.05) is 16.8 Å². The maximum absolute atomic E-state index is 11.7. The second-order valence-electron chi connectivity index (χ2n) is 4.02. The van der Waals surface area contributed by atoms with Crippen LogP contribution in [0.4, 0.5) is 0 Å². The normalized spacial score (nSPS) is 14.8. The van der Waals surface area contributed by atoms with Gasteiger partial charge >= 0.3 is 0 Å². The summed E-state index contributed by atoms with van der Waals surface area (Å²) in [7, 11) is 0. The van der Waals surface area contributed by atoms with E-state index in [2.05, 4.69) is 25.9 Å². The van der Waals surface area contributed by atoms with Crippen LogP contribution in [0.25, 0.3) is 5.82 Å². The van der Waals surface area contributed by atoms with Gasteiger partial charge in [-0.15, -0.1) is 0 Å². The largest absolute Gasteiger partial charge is 0.304 e. The summed E-state index contributed by atoms with van der Waals surface area (Å²) in [4.78, 5) is 20.2. The van der Waals surface area contributed by atoms with E-state index in [9.17, 15) is 4.79 Å². The second-order valence-corrected chi connectivity index (χ2v) is 4.83. The molecular formula is C12H10BrN3O. The van der Waals surface area contributed by atoms with E-state index in [4.69, 9.17) is 0 Å². The molecule has 86 valence electrons. The van der Waals surface area contributed by atoms with Gasteiger partial charge in [-0.1, -0.05) is 0 Å². The highest BCUT2D eigenvalue weighted by Gasteiger charge is 2.21. The highest BCUT2D eigenvalue weighted by molar-refractivity contribution is 9.10. The maximum Gasteiger partial charge on any atom is 0.164 e. The van der Waals surface area contributed by atoms with Crippen molar-refractivity contribution in [3.8, 4) is 5.82 Å². The van der Waals surface area contributed by atoms with Gasteiger partial charge in [0, 0.05) is 23.9 Å². The summed E-state index contributed by atoms with van der Waals surface area (Å²) in [6, 6.07) is 1.88. The molecule has 5 heteroatoms. The lowest BCUT2D eigenvalue weighted by molar-refractivity contribution is 0.0972. The van der Waals surface area contributed by atoms with E-state index in [1.54, 1.807) is 12.4 Å². The SMILES string of the molecule is O=C1CCCc2c1ccn2-c1cnc(Br)cn1. The first-order valence-electron chi connectivity index (χ1n) is 5.47. The highest BCUT2D eigenvalue weighted by atomic mass is 79.9. The molecule has 0 unspecified atom stereocenters. The van der Waals surface area contributed by atoms with E-state index in [1.165, 1.54) is 0 Å². The lowest BCUT2D eigenvalue weighted by atomic mass is 9.97. The van der Waals surface area contributed by atoms with Crippen LogP contribution in [-0.2, 0) is 6.42 Å². The molecule has 0 aliphatic heterocycles. The van der Waals surface area contributed by atoms with Crippen LogP contribution in [0.2, 0.25) is 0 Å². The minimum Gasteiger partial charge on any atom is -0.304 e. The summed E-state index contributed by atoms with van der Waals surface area (Å²) >= 11 is 3.26. The molecular weight excluding hydrogens is 282 g/mol. The van der Waals surface area contributed by atoms with Gasteiger partial charge in [0.15, 0.2) is 11.6 Å². The highest BCUT2D eigenvalue weighted by Crippen LogP contribution is 2.24. The Morgan fingerprint density at radius 2 is 2.12 bits per heavy atom. The van der Waals surface area contributed by atoms with Crippen LogP contribution in [0.5, 0.6) is 0 Å². The number of aromatic nitrogens is 3. The van der Waals surface area contributed by atoms with Gasteiger partial charge in [0.2, 0.25) is 0 Å². The Morgan fingerprint density at radius 1 is 1.24 bits per heavy atom. The first kappa shape index (κ1) is 10.7. The van der Waals surface area contributed by atoms with Crippen LogP contribution in [0.15, 0.2) is 29.3 Å². The first-order valence-corrected chi connectivity index (χ1v) is 6.26. The standard InChI is InChI=1S/C12H10BrN3O/c13-11-6-15-12(7-14-11)16-5-4-8-9(16)2-1-3-10(8)17/h4-7H,1-3H2. The van der Waals surface area contributed by atoms with Crippen molar-refractivity contribution in [2.45, 2.75) is 19.3 Å². The van der Waals surface area contributed by atoms with Crippen molar-refractivity contribution in [3.63, 3.8) is 0 Å². The molecule has 0 saturated heterocycles. The van der Waals surface area contributed by atoms with Gasteiger partial charge in [0.05, 0.1) is 12.4 Å². The molecule has 1 aliphatic rings. The Morgan fingerprint density at radius 3 is 2.88 bits per heavy atom. The molecule has 1 aliphatic carbocycles. The molecule has 0 aromatic carbocycles. The number of Topliss-reactive ketones (excluding diaryl/α,β-unsaturated/α-hetero) is 1. The molecule has 0 bridgehead atoms. The number of fused-ring (bicyclic) bond motifs is 1. The van der Waals surface area contributed by atoms with Gasteiger partial charge in [-0.2, -0.15) is 0 Å². The maximum atomic E-state index is 11.7. The molecule has 0 spiro atoms. The summed E-state index contributed by atoms with van der Waals surface area (Å²) in [5, 5.41) is 0. The third kappa shape index (κ3) is 1.80. The minimum absolute atomic E-state index is 0.232.